The van der Waals surface area contributed by atoms with E-state index in [9.17, 15) is 13.2 Å². The first-order valence-electron chi connectivity index (χ1n) is 10.3. The predicted molar refractivity (Wildman–Crippen MR) is 123 cm³/mol. The summed E-state index contributed by atoms with van der Waals surface area (Å²) in [5.74, 6) is -0.147. The minimum Gasteiger partial charge on any atom is -0.325 e. The number of sulfonamides is 1. The first-order valence-corrected chi connectivity index (χ1v) is 12.6. The minimum atomic E-state index is -3.51. The van der Waals surface area contributed by atoms with E-state index in [1.54, 1.807) is 10.4 Å². The van der Waals surface area contributed by atoms with Gasteiger partial charge in [0.15, 0.2) is 0 Å². The Labute approximate surface area is 181 Å². The van der Waals surface area contributed by atoms with Crippen molar-refractivity contribution in [1.82, 2.24) is 4.31 Å². The number of carbonyl (C=O) groups excluding carboxylic acids is 1. The summed E-state index contributed by atoms with van der Waals surface area (Å²) in [6.45, 7) is 2.99. The van der Waals surface area contributed by atoms with Crippen LogP contribution in [-0.2, 0) is 21.2 Å². The van der Waals surface area contributed by atoms with Crippen molar-refractivity contribution in [2.45, 2.75) is 43.2 Å². The van der Waals surface area contributed by atoms with E-state index in [0.29, 0.717) is 23.0 Å². The molecular formula is C23H26N2O3S2. The molecule has 0 spiro atoms. The van der Waals surface area contributed by atoms with Crippen molar-refractivity contribution in [3.8, 4) is 0 Å². The molecular weight excluding hydrogens is 416 g/mol. The Morgan fingerprint density at radius 3 is 2.50 bits per heavy atom. The van der Waals surface area contributed by atoms with Gasteiger partial charge < -0.3 is 5.32 Å². The third-order valence-electron chi connectivity index (χ3n) is 5.56. The van der Waals surface area contributed by atoms with E-state index in [0.717, 1.165) is 46.9 Å². The van der Waals surface area contributed by atoms with Gasteiger partial charge in [-0.3, -0.25) is 4.79 Å². The van der Waals surface area contributed by atoms with Crippen LogP contribution in [0.2, 0.25) is 0 Å². The molecule has 1 amide bonds. The highest BCUT2D eigenvalue weighted by atomic mass is 32.2. The van der Waals surface area contributed by atoms with E-state index in [1.165, 1.54) is 11.3 Å². The lowest BCUT2D eigenvalue weighted by Crippen LogP contribution is -2.31. The van der Waals surface area contributed by atoms with Crippen LogP contribution in [0, 0.1) is 6.92 Å². The zero-order valence-corrected chi connectivity index (χ0v) is 18.7. The molecule has 2 aromatic carbocycles. The number of carbonyl (C=O) groups is 1. The van der Waals surface area contributed by atoms with Gasteiger partial charge in [-0.05, 0) is 42.2 Å². The van der Waals surface area contributed by atoms with Gasteiger partial charge in [-0.2, -0.15) is 4.31 Å². The van der Waals surface area contributed by atoms with Gasteiger partial charge in [0, 0.05) is 18.0 Å². The number of nitrogens with one attached hydrogen (secondary N) is 1. The molecule has 0 atom stereocenters. The van der Waals surface area contributed by atoms with Gasteiger partial charge in [0.1, 0.15) is 4.21 Å². The number of benzene rings is 2. The molecule has 1 saturated heterocycles. The zero-order valence-electron chi connectivity index (χ0n) is 17.1. The van der Waals surface area contributed by atoms with Crippen LogP contribution in [0.15, 0.2) is 52.7 Å². The number of fused-ring (bicyclic) bond motifs is 1. The Hall–Kier alpha value is -2.22. The first kappa shape index (κ1) is 21.0. The second-order valence-electron chi connectivity index (χ2n) is 7.72. The number of hydrogen-bond acceptors (Lipinski definition) is 4. The SMILES string of the molecule is Cc1sc(S(=O)(=O)N2CCCCCC2)cc1NC(=O)Cc1cccc2ccccc12. The number of amides is 1. The van der Waals surface area contributed by atoms with Crippen LogP contribution in [0.25, 0.3) is 10.8 Å². The van der Waals surface area contributed by atoms with Gasteiger partial charge in [-0.15, -0.1) is 11.3 Å². The number of anilines is 1. The van der Waals surface area contributed by atoms with Crippen molar-refractivity contribution < 1.29 is 13.2 Å². The van der Waals surface area contributed by atoms with Crippen molar-refractivity contribution in [1.29, 1.82) is 0 Å². The second-order valence-corrected chi connectivity index (χ2v) is 11.1. The lowest BCUT2D eigenvalue weighted by Gasteiger charge is -2.18. The monoisotopic (exact) mass is 442 g/mol. The standard InChI is InChI=1S/C23H26N2O3S2/c1-17-21(16-23(29-17)30(27,28)25-13-6-2-3-7-14-25)24-22(26)15-19-11-8-10-18-9-4-5-12-20(18)19/h4-5,8-12,16H,2-3,6-7,13-15H2,1H3,(H,24,26). The van der Waals surface area contributed by atoms with E-state index < -0.39 is 10.0 Å². The molecule has 1 N–H and O–H groups in total. The fraction of sp³-hybridized carbons (Fsp3) is 0.348. The molecule has 158 valence electrons. The topological polar surface area (TPSA) is 66.5 Å². The molecule has 1 aliphatic rings. The third-order valence-corrected chi connectivity index (χ3v) is 8.96. The van der Waals surface area contributed by atoms with Gasteiger partial charge in [0.25, 0.3) is 10.0 Å². The van der Waals surface area contributed by atoms with E-state index in [2.05, 4.69) is 5.32 Å². The number of aryl methyl sites for hydroxylation is 1. The Bertz CT molecular complexity index is 1150. The van der Waals surface area contributed by atoms with Crippen LogP contribution in [0.5, 0.6) is 0 Å². The summed E-state index contributed by atoms with van der Waals surface area (Å²) in [5.41, 5.74) is 1.54. The molecule has 5 nitrogen and oxygen atoms in total. The highest BCUT2D eigenvalue weighted by Gasteiger charge is 2.28. The molecule has 3 aromatic rings. The maximum Gasteiger partial charge on any atom is 0.252 e. The summed E-state index contributed by atoms with van der Waals surface area (Å²) in [5, 5.41) is 5.07. The molecule has 0 saturated carbocycles. The van der Waals surface area contributed by atoms with Gasteiger partial charge in [0.2, 0.25) is 5.91 Å². The van der Waals surface area contributed by atoms with Crippen molar-refractivity contribution in [2.24, 2.45) is 0 Å². The number of nitrogens with zero attached hydrogens (tertiary/aromatic N) is 1. The fourth-order valence-electron chi connectivity index (χ4n) is 3.93. The third kappa shape index (κ3) is 4.43. The minimum absolute atomic E-state index is 0.147. The van der Waals surface area contributed by atoms with Gasteiger partial charge in [-0.1, -0.05) is 55.3 Å². The molecule has 1 aliphatic heterocycles. The molecule has 7 heteroatoms. The van der Waals surface area contributed by atoms with Crippen LogP contribution >= 0.6 is 11.3 Å². The molecule has 1 fully saturated rings. The van der Waals surface area contributed by atoms with Crippen LogP contribution in [0.4, 0.5) is 5.69 Å². The van der Waals surface area contributed by atoms with Crippen molar-refractivity contribution in [3.05, 3.63) is 59.0 Å². The van der Waals surface area contributed by atoms with Gasteiger partial charge in [0.05, 0.1) is 12.1 Å². The predicted octanol–water partition coefficient (Wildman–Crippen LogP) is 4.96. The summed E-state index contributed by atoms with van der Waals surface area (Å²) in [6, 6.07) is 15.5. The van der Waals surface area contributed by atoms with Gasteiger partial charge in [-0.25, -0.2) is 8.42 Å². The van der Waals surface area contributed by atoms with Crippen molar-refractivity contribution >= 4 is 43.7 Å². The Morgan fingerprint density at radius 1 is 1.03 bits per heavy atom. The van der Waals surface area contributed by atoms with Crippen LogP contribution in [-0.4, -0.2) is 31.7 Å². The van der Waals surface area contributed by atoms with Crippen molar-refractivity contribution in [2.75, 3.05) is 18.4 Å². The average molecular weight is 443 g/mol. The quantitative estimate of drug-likeness (QED) is 0.608. The lowest BCUT2D eigenvalue weighted by atomic mass is 10.0. The Kier molecular flexibility index (Phi) is 6.22. The molecule has 1 aromatic heterocycles. The molecule has 0 radical (unpaired) electrons. The van der Waals surface area contributed by atoms with Gasteiger partial charge >= 0.3 is 0 Å². The second kappa shape index (κ2) is 8.88. The molecule has 30 heavy (non-hydrogen) atoms. The summed E-state index contributed by atoms with van der Waals surface area (Å²) >= 11 is 1.23. The molecule has 4 rings (SSSR count). The Balaban J connectivity index is 1.51. The van der Waals surface area contributed by atoms with Crippen LogP contribution in [0.3, 0.4) is 0 Å². The normalized spacial score (nSPS) is 15.8. The summed E-state index contributed by atoms with van der Waals surface area (Å²) < 4.78 is 28.0. The highest BCUT2D eigenvalue weighted by Crippen LogP contribution is 2.33. The van der Waals surface area contributed by atoms with E-state index in [1.807, 2.05) is 49.4 Å². The van der Waals surface area contributed by atoms with Crippen molar-refractivity contribution in [3.63, 3.8) is 0 Å². The average Bonchev–Trinajstić information content (AvgIpc) is 2.94. The molecule has 2 heterocycles. The maximum atomic E-state index is 13.1. The Morgan fingerprint density at radius 2 is 1.73 bits per heavy atom. The molecule has 0 aliphatic carbocycles. The summed E-state index contributed by atoms with van der Waals surface area (Å²) in [6.07, 6.45) is 4.19. The maximum absolute atomic E-state index is 13.1. The fourth-order valence-corrected chi connectivity index (χ4v) is 7.00. The summed E-state index contributed by atoms with van der Waals surface area (Å²) in [7, 11) is -3.51. The number of rotatable bonds is 5. The smallest absolute Gasteiger partial charge is 0.252 e. The van der Waals surface area contributed by atoms with E-state index in [-0.39, 0.29) is 12.3 Å². The highest BCUT2D eigenvalue weighted by molar-refractivity contribution is 7.91. The van der Waals surface area contributed by atoms with E-state index in [4.69, 9.17) is 0 Å². The van der Waals surface area contributed by atoms with Crippen LogP contribution < -0.4 is 5.32 Å². The first-order chi connectivity index (χ1) is 14.4. The largest absolute Gasteiger partial charge is 0.325 e. The van der Waals surface area contributed by atoms with E-state index >= 15 is 0 Å². The number of thiophene rings is 1. The molecule has 0 unspecified atom stereocenters. The number of hydrogen-bond donors (Lipinski definition) is 1. The molecule has 0 bridgehead atoms. The van der Waals surface area contributed by atoms with Crippen LogP contribution in [0.1, 0.15) is 36.1 Å². The lowest BCUT2D eigenvalue weighted by molar-refractivity contribution is -0.115. The summed E-state index contributed by atoms with van der Waals surface area (Å²) in [4.78, 5) is 13.5. The zero-order chi connectivity index (χ0) is 21.1.